The minimum atomic E-state index is -4.37. The van der Waals surface area contributed by atoms with E-state index in [4.69, 9.17) is 0 Å². The Labute approximate surface area is 154 Å². The second-order valence-corrected chi connectivity index (χ2v) is 5.63. The van der Waals surface area contributed by atoms with Gasteiger partial charge in [0.15, 0.2) is 0 Å². The summed E-state index contributed by atoms with van der Waals surface area (Å²) in [5.74, 6) is -0.386. The molecule has 0 spiro atoms. The molecule has 0 heterocycles. The van der Waals surface area contributed by atoms with Crippen molar-refractivity contribution in [1.82, 2.24) is 10.6 Å². The quantitative estimate of drug-likeness (QED) is 0.802. The number of amides is 2. The number of carbonyl (C=O) groups excluding carboxylic acids is 2. The van der Waals surface area contributed by atoms with Gasteiger partial charge in [-0.25, -0.2) is 4.79 Å². The van der Waals surface area contributed by atoms with Gasteiger partial charge in [-0.2, -0.15) is 13.2 Å². The van der Waals surface area contributed by atoms with Crippen LogP contribution in [0.5, 0.6) is 0 Å². The first-order valence-electron chi connectivity index (χ1n) is 8.23. The minimum Gasteiger partial charge on any atom is -0.450 e. The van der Waals surface area contributed by atoms with E-state index in [0.29, 0.717) is 5.56 Å². The van der Waals surface area contributed by atoms with Gasteiger partial charge >= 0.3 is 12.3 Å². The second-order valence-electron chi connectivity index (χ2n) is 5.63. The molecular formula is C19H19F3N2O3. The number of benzene rings is 2. The summed E-state index contributed by atoms with van der Waals surface area (Å²) in [6, 6.07) is 12.0. The lowest BCUT2D eigenvalue weighted by Gasteiger charge is -2.10. The zero-order valence-electron chi connectivity index (χ0n) is 14.6. The predicted molar refractivity (Wildman–Crippen MR) is 93.8 cm³/mol. The molecule has 144 valence electrons. The van der Waals surface area contributed by atoms with E-state index in [2.05, 4.69) is 15.4 Å². The first kappa shape index (κ1) is 20.3. The summed E-state index contributed by atoms with van der Waals surface area (Å²) < 4.78 is 42.6. The van der Waals surface area contributed by atoms with Crippen molar-refractivity contribution in [3.8, 4) is 11.1 Å². The highest BCUT2D eigenvalue weighted by Crippen LogP contribution is 2.31. The second kappa shape index (κ2) is 9.07. The lowest BCUT2D eigenvalue weighted by Crippen LogP contribution is -2.36. The number of nitrogens with one attached hydrogen (secondary N) is 2. The van der Waals surface area contributed by atoms with E-state index in [1.165, 1.54) is 12.1 Å². The lowest BCUT2D eigenvalue weighted by atomic mass is 10.0. The molecule has 2 aromatic carbocycles. The van der Waals surface area contributed by atoms with E-state index in [0.717, 1.165) is 23.3 Å². The van der Waals surface area contributed by atoms with Crippen molar-refractivity contribution in [3.63, 3.8) is 0 Å². The fourth-order valence-electron chi connectivity index (χ4n) is 2.31. The lowest BCUT2D eigenvalue weighted by molar-refractivity contribution is -0.137. The Kier molecular flexibility index (Phi) is 6.81. The van der Waals surface area contributed by atoms with Gasteiger partial charge in [0, 0.05) is 6.54 Å². The molecule has 27 heavy (non-hydrogen) atoms. The van der Waals surface area contributed by atoms with E-state index in [9.17, 15) is 22.8 Å². The summed E-state index contributed by atoms with van der Waals surface area (Å²) in [4.78, 5) is 22.8. The molecule has 0 saturated heterocycles. The summed E-state index contributed by atoms with van der Waals surface area (Å²) in [6.45, 7) is 1.88. The van der Waals surface area contributed by atoms with Gasteiger partial charge in [0.2, 0.25) is 5.91 Å². The van der Waals surface area contributed by atoms with Crippen LogP contribution in [0.1, 0.15) is 18.1 Å². The molecule has 2 amide bonds. The number of hydrogen-bond acceptors (Lipinski definition) is 3. The maximum Gasteiger partial charge on any atom is 0.416 e. The Morgan fingerprint density at radius 2 is 1.70 bits per heavy atom. The molecule has 0 aliphatic heterocycles. The molecule has 0 radical (unpaired) electrons. The van der Waals surface area contributed by atoms with E-state index < -0.39 is 17.8 Å². The molecule has 0 aliphatic rings. The number of alkyl carbamates (subject to hydrolysis) is 1. The van der Waals surface area contributed by atoms with Crippen molar-refractivity contribution in [1.29, 1.82) is 0 Å². The van der Waals surface area contributed by atoms with Crippen molar-refractivity contribution in [2.24, 2.45) is 0 Å². The summed E-state index contributed by atoms with van der Waals surface area (Å²) in [5.41, 5.74) is 1.45. The largest absolute Gasteiger partial charge is 0.450 e. The number of hydrogen-bond donors (Lipinski definition) is 2. The molecule has 0 saturated carbocycles. The third-order valence-electron chi connectivity index (χ3n) is 3.63. The molecule has 0 fully saturated rings. The van der Waals surface area contributed by atoms with Crippen LogP contribution in [0.4, 0.5) is 18.0 Å². The monoisotopic (exact) mass is 380 g/mol. The molecule has 0 aromatic heterocycles. The number of rotatable bonds is 6. The van der Waals surface area contributed by atoms with Crippen LogP contribution in [0.25, 0.3) is 11.1 Å². The Morgan fingerprint density at radius 1 is 1.00 bits per heavy atom. The van der Waals surface area contributed by atoms with Gasteiger partial charge in [-0.3, -0.25) is 4.79 Å². The van der Waals surface area contributed by atoms with Gasteiger partial charge in [0.05, 0.1) is 12.2 Å². The van der Waals surface area contributed by atoms with Gasteiger partial charge < -0.3 is 15.4 Å². The molecule has 2 aromatic rings. The molecule has 0 aliphatic carbocycles. The van der Waals surface area contributed by atoms with Crippen molar-refractivity contribution in [3.05, 3.63) is 59.7 Å². The standard InChI is InChI=1S/C19H19F3N2O3/c1-2-27-18(26)24-12-17(25)23-11-13-4-3-5-15(10-13)14-6-8-16(9-7-14)19(20,21)22/h3-10H,2,11-12H2,1H3,(H,23,25)(H,24,26). The molecule has 0 atom stereocenters. The van der Waals surface area contributed by atoms with Crippen molar-refractivity contribution < 1.29 is 27.5 Å². The Bertz CT molecular complexity index is 790. The first-order chi connectivity index (χ1) is 12.8. The van der Waals surface area contributed by atoms with E-state index in [1.54, 1.807) is 31.2 Å². The zero-order chi connectivity index (χ0) is 19.9. The summed E-state index contributed by atoms with van der Waals surface area (Å²) >= 11 is 0. The van der Waals surface area contributed by atoms with Crippen LogP contribution < -0.4 is 10.6 Å². The summed E-state index contributed by atoms with van der Waals surface area (Å²) in [6.07, 6.45) is -5.04. The maximum absolute atomic E-state index is 12.6. The zero-order valence-corrected chi connectivity index (χ0v) is 14.6. The Morgan fingerprint density at radius 3 is 2.33 bits per heavy atom. The van der Waals surface area contributed by atoms with Gasteiger partial charge in [0.25, 0.3) is 0 Å². The molecule has 2 N–H and O–H groups in total. The van der Waals surface area contributed by atoms with E-state index in [1.807, 2.05) is 0 Å². The number of carbonyl (C=O) groups is 2. The molecular weight excluding hydrogens is 361 g/mol. The third-order valence-corrected chi connectivity index (χ3v) is 3.63. The van der Waals surface area contributed by atoms with Gasteiger partial charge in [0.1, 0.15) is 6.54 Å². The van der Waals surface area contributed by atoms with Gasteiger partial charge in [-0.05, 0) is 41.8 Å². The van der Waals surface area contributed by atoms with Crippen LogP contribution >= 0.6 is 0 Å². The average Bonchev–Trinajstić information content (AvgIpc) is 2.64. The topological polar surface area (TPSA) is 67.4 Å². The van der Waals surface area contributed by atoms with Gasteiger partial charge in [-0.15, -0.1) is 0 Å². The number of ether oxygens (including phenoxy) is 1. The van der Waals surface area contributed by atoms with Crippen LogP contribution in [0.3, 0.4) is 0 Å². The molecule has 0 unspecified atom stereocenters. The van der Waals surface area contributed by atoms with Crippen LogP contribution in [0, 0.1) is 0 Å². The average molecular weight is 380 g/mol. The van der Waals surface area contributed by atoms with Crippen LogP contribution in [-0.4, -0.2) is 25.2 Å². The SMILES string of the molecule is CCOC(=O)NCC(=O)NCc1cccc(-c2ccc(C(F)(F)F)cc2)c1. The first-order valence-corrected chi connectivity index (χ1v) is 8.23. The summed E-state index contributed by atoms with van der Waals surface area (Å²) in [5, 5.41) is 4.96. The van der Waals surface area contributed by atoms with Crippen molar-refractivity contribution >= 4 is 12.0 Å². The van der Waals surface area contributed by atoms with Crippen LogP contribution in [0.15, 0.2) is 48.5 Å². The molecule has 0 bridgehead atoms. The highest BCUT2D eigenvalue weighted by Gasteiger charge is 2.29. The fraction of sp³-hybridized carbons (Fsp3) is 0.263. The van der Waals surface area contributed by atoms with Crippen molar-refractivity contribution in [2.45, 2.75) is 19.6 Å². The predicted octanol–water partition coefficient (Wildman–Crippen LogP) is 3.73. The normalized spacial score (nSPS) is 11.0. The fourth-order valence-corrected chi connectivity index (χ4v) is 2.31. The Balaban J connectivity index is 1.95. The highest BCUT2D eigenvalue weighted by molar-refractivity contribution is 5.82. The summed E-state index contributed by atoms with van der Waals surface area (Å²) in [7, 11) is 0. The minimum absolute atomic E-state index is 0.211. The smallest absolute Gasteiger partial charge is 0.416 e. The third kappa shape index (κ3) is 6.32. The van der Waals surface area contributed by atoms with E-state index >= 15 is 0 Å². The number of alkyl halides is 3. The van der Waals surface area contributed by atoms with Crippen LogP contribution in [0.2, 0.25) is 0 Å². The highest BCUT2D eigenvalue weighted by atomic mass is 19.4. The molecule has 5 nitrogen and oxygen atoms in total. The number of halogens is 3. The maximum atomic E-state index is 12.6. The molecule has 2 rings (SSSR count). The van der Waals surface area contributed by atoms with E-state index in [-0.39, 0.29) is 25.6 Å². The van der Waals surface area contributed by atoms with Gasteiger partial charge in [-0.1, -0.05) is 30.3 Å². The van der Waals surface area contributed by atoms with Crippen molar-refractivity contribution in [2.75, 3.05) is 13.2 Å². The Hall–Kier alpha value is -3.03. The van der Waals surface area contributed by atoms with Crippen LogP contribution in [-0.2, 0) is 22.3 Å². The molecule has 8 heteroatoms.